The van der Waals surface area contributed by atoms with Gasteiger partial charge in [0.25, 0.3) is 5.91 Å². The Morgan fingerprint density at radius 2 is 1.91 bits per heavy atom. The van der Waals surface area contributed by atoms with Gasteiger partial charge in [-0.3, -0.25) is 33.7 Å². The zero-order valence-electron chi connectivity index (χ0n) is 30.4. The fourth-order valence-electron chi connectivity index (χ4n) is 7.38. The van der Waals surface area contributed by atoms with Gasteiger partial charge in [0.2, 0.25) is 11.8 Å². The van der Waals surface area contributed by atoms with Gasteiger partial charge in [-0.15, -0.1) is 21.5 Å². The Balaban J connectivity index is 0.835. The number of fused-ring (bicyclic) bond motifs is 4. The Morgan fingerprint density at radius 3 is 2.76 bits per heavy atom. The van der Waals surface area contributed by atoms with Crippen LogP contribution < -0.4 is 5.32 Å². The average Bonchev–Trinajstić information content (AvgIpc) is 3.93. The Bertz CT molecular complexity index is 2350. The lowest BCUT2D eigenvalue weighted by molar-refractivity contribution is -0.144. The summed E-state index contributed by atoms with van der Waals surface area (Å²) in [7, 11) is 0. The molecule has 3 aliphatic rings. The van der Waals surface area contributed by atoms with E-state index in [0.717, 1.165) is 55.8 Å². The summed E-state index contributed by atoms with van der Waals surface area (Å²) in [6, 6.07) is 15.2. The minimum absolute atomic E-state index is 0.205. The number of aryl methyl sites for hydroxylation is 3. The molecule has 1 fully saturated rings. The van der Waals surface area contributed by atoms with Crippen molar-refractivity contribution in [2.75, 3.05) is 6.61 Å². The number of nitrogens with one attached hydrogen (secondary N) is 1. The maximum absolute atomic E-state index is 13.1. The highest BCUT2D eigenvalue weighted by atomic mass is 32.1. The van der Waals surface area contributed by atoms with Gasteiger partial charge in [0, 0.05) is 49.7 Å². The summed E-state index contributed by atoms with van der Waals surface area (Å²) in [5.41, 5.74) is 6.67. The number of rotatable bonds is 11. The van der Waals surface area contributed by atoms with Gasteiger partial charge in [0.15, 0.2) is 5.82 Å². The van der Waals surface area contributed by atoms with Crippen LogP contribution in [0.4, 0.5) is 0 Å². The number of thiophene rings is 1. The van der Waals surface area contributed by atoms with E-state index in [1.807, 2.05) is 48.1 Å². The number of aromatic nitrogens is 5. The van der Waals surface area contributed by atoms with E-state index in [9.17, 15) is 19.2 Å². The molecule has 0 bridgehead atoms. The summed E-state index contributed by atoms with van der Waals surface area (Å²) in [5.74, 6) is 7.10. The van der Waals surface area contributed by atoms with Crippen LogP contribution in [0.1, 0.15) is 92.4 Å². The molecule has 1 unspecified atom stereocenters. The molecule has 3 aromatic heterocycles. The number of amides is 3. The molecule has 280 valence electrons. The molecule has 3 amide bonds. The van der Waals surface area contributed by atoms with Gasteiger partial charge in [-0.1, -0.05) is 54.3 Å². The molecule has 6 heterocycles. The molecule has 3 aliphatic heterocycles. The van der Waals surface area contributed by atoms with Crippen molar-refractivity contribution in [3.05, 3.63) is 116 Å². The molecule has 5 aromatic rings. The maximum Gasteiger partial charge on any atom is 0.305 e. The van der Waals surface area contributed by atoms with Crippen molar-refractivity contribution in [1.29, 1.82) is 0 Å². The highest BCUT2D eigenvalue weighted by Gasteiger charge is 2.39. The highest BCUT2D eigenvalue weighted by Crippen LogP contribution is 2.37. The molecule has 1 atom stereocenters. The van der Waals surface area contributed by atoms with Crippen LogP contribution in [0.5, 0.6) is 0 Å². The second-order valence-electron chi connectivity index (χ2n) is 13.9. The molecule has 8 rings (SSSR count). The van der Waals surface area contributed by atoms with Gasteiger partial charge < -0.3 is 14.4 Å². The van der Waals surface area contributed by atoms with Gasteiger partial charge in [0.05, 0.1) is 29.9 Å². The molecular formula is C41H39N7O6S. The normalized spacial score (nSPS) is 16.1. The second kappa shape index (κ2) is 15.8. The van der Waals surface area contributed by atoms with E-state index < -0.39 is 11.9 Å². The number of ether oxygens (including phenoxy) is 2. The molecule has 55 heavy (non-hydrogen) atoms. The van der Waals surface area contributed by atoms with Crippen molar-refractivity contribution in [3.8, 4) is 16.8 Å². The third kappa shape index (κ3) is 7.71. The smallest absolute Gasteiger partial charge is 0.305 e. The van der Waals surface area contributed by atoms with Crippen LogP contribution in [0, 0.1) is 18.8 Å². The molecule has 2 aromatic carbocycles. The molecule has 1 saturated heterocycles. The molecule has 0 aliphatic carbocycles. The van der Waals surface area contributed by atoms with Crippen LogP contribution in [0.25, 0.3) is 5.00 Å². The lowest BCUT2D eigenvalue weighted by atomic mass is 9.99. The molecule has 1 N–H and O–H groups in total. The summed E-state index contributed by atoms with van der Waals surface area (Å²) in [6.07, 6.45) is 6.92. The third-order valence-electron chi connectivity index (χ3n) is 10.1. The van der Waals surface area contributed by atoms with Crippen LogP contribution in [-0.4, -0.2) is 65.8 Å². The van der Waals surface area contributed by atoms with Crippen molar-refractivity contribution >= 4 is 35.0 Å². The first-order valence-electron chi connectivity index (χ1n) is 18.5. The number of piperidine rings is 1. The quantitative estimate of drug-likeness (QED) is 0.0885. The Kier molecular flexibility index (Phi) is 10.4. The van der Waals surface area contributed by atoms with Crippen LogP contribution in [0.3, 0.4) is 0 Å². The molecule has 13 nitrogen and oxygen atoms in total. The highest BCUT2D eigenvalue weighted by molar-refractivity contribution is 7.15. The fourth-order valence-corrected chi connectivity index (χ4v) is 8.63. The molecule has 0 radical (unpaired) electrons. The zero-order valence-corrected chi connectivity index (χ0v) is 31.2. The number of imide groups is 1. The van der Waals surface area contributed by atoms with E-state index >= 15 is 0 Å². The van der Waals surface area contributed by atoms with Crippen LogP contribution in [-0.2, 0) is 63.0 Å². The summed E-state index contributed by atoms with van der Waals surface area (Å²) in [5, 5.41) is 16.5. The largest absolute Gasteiger partial charge is 0.466 e. The first-order valence-corrected chi connectivity index (χ1v) is 19.3. The zero-order chi connectivity index (χ0) is 37.9. The average molecular weight is 758 g/mol. The van der Waals surface area contributed by atoms with E-state index in [-0.39, 0.29) is 37.2 Å². The van der Waals surface area contributed by atoms with Gasteiger partial charge in [-0.25, -0.2) is 0 Å². The van der Waals surface area contributed by atoms with Gasteiger partial charge >= 0.3 is 5.97 Å². The number of nitrogens with zero attached hydrogens (tertiary/aromatic N) is 6. The van der Waals surface area contributed by atoms with Crippen molar-refractivity contribution < 1.29 is 28.7 Å². The number of hydrogen-bond donors (Lipinski definition) is 1. The molecule has 0 saturated carbocycles. The van der Waals surface area contributed by atoms with Crippen LogP contribution >= 0.6 is 11.3 Å². The van der Waals surface area contributed by atoms with Crippen molar-refractivity contribution in [1.82, 2.24) is 34.8 Å². The first-order chi connectivity index (χ1) is 26.8. The Morgan fingerprint density at radius 1 is 1.04 bits per heavy atom. The fraction of sp³-hybridized carbons (Fsp3) is 0.341. The minimum atomic E-state index is -0.660. The monoisotopic (exact) mass is 757 g/mol. The summed E-state index contributed by atoms with van der Waals surface area (Å²) in [6.45, 7) is 3.99. The van der Waals surface area contributed by atoms with E-state index in [0.29, 0.717) is 57.6 Å². The molecule has 14 heteroatoms. The predicted molar refractivity (Wildman–Crippen MR) is 201 cm³/mol. The van der Waals surface area contributed by atoms with Crippen molar-refractivity contribution in [2.24, 2.45) is 0 Å². The van der Waals surface area contributed by atoms with E-state index in [1.165, 1.54) is 5.56 Å². The van der Waals surface area contributed by atoms with Gasteiger partial charge in [-0.05, 0) is 60.9 Å². The van der Waals surface area contributed by atoms with Crippen LogP contribution in [0.2, 0.25) is 0 Å². The van der Waals surface area contributed by atoms with E-state index in [1.54, 1.807) is 28.5 Å². The Hall–Kier alpha value is -5.91. The number of carbonyl (C=O) groups is 4. The van der Waals surface area contributed by atoms with Crippen molar-refractivity contribution in [3.63, 3.8) is 0 Å². The number of carbonyl (C=O) groups excluding carboxylic acids is 4. The summed E-state index contributed by atoms with van der Waals surface area (Å²) >= 11 is 1.63. The van der Waals surface area contributed by atoms with Crippen LogP contribution in [0.15, 0.2) is 60.9 Å². The molecular weight excluding hydrogens is 719 g/mol. The lowest BCUT2D eigenvalue weighted by Crippen LogP contribution is -2.52. The Labute approximate surface area is 321 Å². The van der Waals surface area contributed by atoms with Gasteiger partial charge in [-0.2, -0.15) is 5.10 Å². The number of esters is 1. The first kappa shape index (κ1) is 36.1. The maximum atomic E-state index is 13.1. The summed E-state index contributed by atoms with van der Waals surface area (Å²) in [4.78, 5) is 52.2. The predicted octanol–water partition coefficient (Wildman–Crippen LogP) is 4.57. The number of benzene rings is 2. The standard InChI is InChI=1S/C41H39N7O6S/c1-26-44-45-36-25-53-24-33-31(20-27-8-3-2-4-9-27)35(55-41(33)48(26)36)16-14-28-21-42-46(22-28)18-7-19-54-38(50)13-6-11-29-10-5-12-30-32(29)23-47(40(30)52)34-15-17-37(49)43-39(34)51/h2-5,8-10,12,21-22,34H,6-7,11,13,15,17-20,23-25H2,1H3,(H,43,49,51). The van der Waals surface area contributed by atoms with E-state index in [4.69, 9.17) is 9.47 Å². The summed E-state index contributed by atoms with van der Waals surface area (Å²) < 4.78 is 15.4. The second-order valence-corrected chi connectivity index (χ2v) is 14.9. The lowest BCUT2D eigenvalue weighted by Gasteiger charge is -2.29. The minimum Gasteiger partial charge on any atom is -0.466 e. The molecule has 0 spiro atoms. The topological polar surface area (TPSA) is 151 Å². The SMILES string of the molecule is Cc1nnc2n1-c1sc(C#Cc3cnn(CCCOC(=O)CCCc4cccc5c4CN(C4CCC(=O)NC4=O)C5=O)c3)c(Cc3ccccc3)c1COC2. The third-order valence-corrected chi connectivity index (χ3v) is 11.3. The van der Waals surface area contributed by atoms with Crippen molar-refractivity contribution in [2.45, 2.75) is 84.2 Å². The number of hydrogen-bond acceptors (Lipinski definition) is 10. The van der Waals surface area contributed by atoms with Gasteiger partial charge in [0.1, 0.15) is 23.5 Å². The van der Waals surface area contributed by atoms with E-state index in [2.05, 4.69) is 49.2 Å².